The van der Waals surface area contributed by atoms with Gasteiger partial charge in [-0.25, -0.2) is 0 Å². The fourth-order valence-corrected chi connectivity index (χ4v) is 2.15. The monoisotopic (exact) mass is 211 g/mol. The lowest BCUT2D eigenvalue weighted by Gasteiger charge is -2.40. The maximum Gasteiger partial charge on any atom is 0.191 e. The second-order valence-electron chi connectivity index (χ2n) is 4.57. The summed E-state index contributed by atoms with van der Waals surface area (Å²) < 4.78 is 5.53. The van der Waals surface area contributed by atoms with Gasteiger partial charge in [-0.05, 0) is 32.1 Å². The topological polar surface area (TPSA) is 50.9 Å². The number of hydrogen-bond donors (Lipinski definition) is 1. The van der Waals surface area contributed by atoms with E-state index < -0.39 is 0 Å². The maximum absolute atomic E-state index is 5.84. The SMILES string of the molecule is COC1(CCN=C(N)N2CCC2)CCC1. The Morgan fingerprint density at radius 2 is 2.13 bits per heavy atom. The first kappa shape index (κ1) is 10.7. The van der Waals surface area contributed by atoms with Crippen molar-refractivity contribution >= 4 is 5.96 Å². The van der Waals surface area contributed by atoms with Gasteiger partial charge in [0.15, 0.2) is 5.96 Å². The molecule has 2 N–H and O–H groups in total. The molecule has 1 heterocycles. The number of aliphatic imine (C=N–C) groups is 1. The van der Waals surface area contributed by atoms with E-state index in [0.29, 0.717) is 5.96 Å². The van der Waals surface area contributed by atoms with Crippen LogP contribution in [0.5, 0.6) is 0 Å². The molecule has 1 aliphatic heterocycles. The second kappa shape index (κ2) is 4.39. The van der Waals surface area contributed by atoms with E-state index in [1.54, 1.807) is 0 Å². The maximum atomic E-state index is 5.84. The van der Waals surface area contributed by atoms with Crippen molar-refractivity contribution in [3.63, 3.8) is 0 Å². The van der Waals surface area contributed by atoms with Crippen LogP contribution in [-0.2, 0) is 4.74 Å². The van der Waals surface area contributed by atoms with E-state index in [4.69, 9.17) is 10.5 Å². The highest BCUT2D eigenvalue weighted by Crippen LogP contribution is 2.37. The largest absolute Gasteiger partial charge is 0.378 e. The van der Waals surface area contributed by atoms with Crippen LogP contribution in [0, 0.1) is 0 Å². The molecule has 0 aromatic rings. The van der Waals surface area contributed by atoms with Gasteiger partial charge in [0, 0.05) is 26.7 Å². The zero-order chi connectivity index (χ0) is 10.7. The normalized spacial score (nSPS) is 24.6. The van der Waals surface area contributed by atoms with E-state index in [-0.39, 0.29) is 5.60 Å². The van der Waals surface area contributed by atoms with Gasteiger partial charge in [0.1, 0.15) is 0 Å². The summed E-state index contributed by atoms with van der Waals surface area (Å²) in [4.78, 5) is 6.53. The van der Waals surface area contributed by atoms with Gasteiger partial charge in [-0.1, -0.05) is 0 Å². The summed E-state index contributed by atoms with van der Waals surface area (Å²) in [7, 11) is 1.81. The Balaban J connectivity index is 1.72. The number of guanidine groups is 1. The Bertz CT molecular complexity index is 239. The number of rotatable bonds is 4. The predicted octanol–water partition coefficient (Wildman–Crippen LogP) is 0.966. The third-order valence-electron chi connectivity index (χ3n) is 3.72. The van der Waals surface area contributed by atoms with E-state index >= 15 is 0 Å². The summed E-state index contributed by atoms with van der Waals surface area (Å²) in [6.45, 7) is 2.95. The fourth-order valence-electron chi connectivity index (χ4n) is 2.15. The van der Waals surface area contributed by atoms with Crippen molar-refractivity contribution in [2.45, 2.75) is 37.7 Å². The van der Waals surface area contributed by atoms with Crippen LogP contribution in [0.1, 0.15) is 32.1 Å². The summed E-state index contributed by atoms with van der Waals surface area (Å²) in [6, 6.07) is 0. The minimum atomic E-state index is 0.124. The molecule has 0 unspecified atom stereocenters. The number of nitrogens with zero attached hydrogens (tertiary/aromatic N) is 2. The molecule has 0 bridgehead atoms. The molecule has 0 amide bonds. The molecule has 4 heteroatoms. The lowest BCUT2D eigenvalue weighted by atomic mass is 9.77. The van der Waals surface area contributed by atoms with Crippen molar-refractivity contribution in [1.82, 2.24) is 4.90 Å². The molecule has 4 nitrogen and oxygen atoms in total. The first-order valence-electron chi connectivity index (χ1n) is 5.86. The fraction of sp³-hybridized carbons (Fsp3) is 0.909. The van der Waals surface area contributed by atoms with Gasteiger partial charge in [0.05, 0.1) is 5.60 Å². The van der Waals surface area contributed by atoms with Gasteiger partial charge in [-0.15, -0.1) is 0 Å². The van der Waals surface area contributed by atoms with Gasteiger partial charge in [-0.2, -0.15) is 0 Å². The number of ether oxygens (including phenoxy) is 1. The number of methoxy groups -OCH3 is 1. The summed E-state index contributed by atoms with van der Waals surface area (Å²) in [6.07, 6.45) is 5.92. The summed E-state index contributed by atoms with van der Waals surface area (Å²) >= 11 is 0. The molecule has 0 atom stereocenters. The zero-order valence-electron chi connectivity index (χ0n) is 9.54. The van der Waals surface area contributed by atoms with E-state index in [1.807, 2.05) is 7.11 Å². The molecule has 2 aliphatic rings. The lowest BCUT2D eigenvalue weighted by Crippen LogP contribution is -2.46. The summed E-state index contributed by atoms with van der Waals surface area (Å²) in [5, 5.41) is 0. The highest BCUT2D eigenvalue weighted by Gasteiger charge is 2.36. The molecule has 0 aromatic carbocycles. The van der Waals surface area contributed by atoms with Gasteiger partial charge in [0.25, 0.3) is 0 Å². The lowest BCUT2D eigenvalue weighted by molar-refractivity contribution is -0.0754. The molecule has 15 heavy (non-hydrogen) atoms. The minimum absolute atomic E-state index is 0.124. The van der Waals surface area contributed by atoms with Gasteiger partial charge >= 0.3 is 0 Å². The minimum Gasteiger partial charge on any atom is -0.378 e. The molecule has 0 aromatic heterocycles. The average Bonchev–Trinajstić information content (AvgIpc) is 2.06. The van der Waals surface area contributed by atoms with E-state index in [2.05, 4.69) is 9.89 Å². The molecule has 1 saturated heterocycles. The first-order valence-corrected chi connectivity index (χ1v) is 5.86. The third-order valence-corrected chi connectivity index (χ3v) is 3.72. The van der Waals surface area contributed by atoms with Crippen molar-refractivity contribution in [2.75, 3.05) is 26.7 Å². The molecular formula is C11H21N3O. The zero-order valence-corrected chi connectivity index (χ0v) is 9.54. The van der Waals surface area contributed by atoms with Crippen molar-refractivity contribution in [2.24, 2.45) is 10.7 Å². The van der Waals surface area contributed by atoms with Crippen LogP contribution in [0.2, 0.25) is 0 Å². The molecule has 86 valence electrons. The first-order chi connectivity index (χ1) is 7.26. The number of nitrogens with two attached hydrogens (primary N) is 1. The van der Waals surface area contributed by atoms with Crippen LogP contribution in [0.15, 0.2) is 4.99 Å². The summed E-state index contributed by atoms with van der Waals surface area (Å²) in [5.41, 5.74) is 5.97. The molecule has 0 spiro atoms. The smallest absolute Gasteiger partial charge is 0.191 e. The quantitative estimate of drug-likeness (QED) is 0.557. The van der Waals surface area contributed by atoms with E-state index in [9.17, 15) is 0 Å². The molecule has 2 rings (SSSR count). The Kier molecular flexibility index (Phi) is 3.14. The highest BCUT2D eigenvalue weighted by atomic mass is 16.5. The van der Waals surface area contributed by atoms with Crippen LogP contribution in [0.3, 0.4) is 0 Å². The van der Waals surface area contributed by atoms with Crippen LogP contribution in [0.4, 0.5) is 0 Å². The molecule has 1 saturated carbocycles. The molecule has 0 radical (unpaired) electrons. The third kappa shape index (κ3) is 2.25. The summed E-state index contributed by atoms with van der Waals surface area (Å²) in [5.74, 6) is 0.715. The van der Waals surface area contributed by atoms with E-state index in [1.165, 1.54) is 25.7 Å². The van der Waals surface area contributed by atoms with Crippen molar-refractivity contribution in [3.8, 4) is 0 Å². The van der Waals surface area contributed by atoms with Crippen molar-refractivity contribution in [1.29, 1.82) is 0 Å². The second-order valence-corrected chi connectivity index (χ2v) is 4.57. The van der Waals surface area contributed by atoms with Crippen molar-refractivity contribution in [3.05, 3.63) is 0 Å². The van der Waals surface area contributed by atoms with Crippen LogP contribution in [-0.4, -0.2) is 43.2 Å². The number of likely N-dealkylation sites (tertiary alicyclic amines) is 1. The molecule has 2 fully saturated rings. The van der Waals surface area contributed by atoms with Crippen LogP contribution in [0.25, 0.3) is 0 Å². The Labute approximate surface area is 91.5 Å². The molecule has 1 aliphatic carbocycles. The van der Waals surface area contributed by atoms with Crippen molar-refractivity contribution < 1.29 is 4.74 Å². The highest BCUT2D eigenvalue weighted by molar-refractivity contribution is 5.78. The van der Waals surface area contributed by atoms with Gasteiger partial charge < -0.3 is 15.4 Å². The van der Waals surface area contributed by atoms with Gasteiger partial charge in [0.2, 0.25) is 0 Å². The Morgan fingerprint density at radius 3 is 2.53 bits per heavy atom. The van der Waals surface area contributed by atoms with Crippen LogP contribution >= 0.6 is 0 Å². The Hall–Kier alpha value is -0.770. The van der Waals surface area contributed by atoms with E-state index in [0.717, 1.165) is 26.1 Å². The predicted molar refractivity (Wildman–Crippen MR) is 60.9 cm³/mol. The standard InChI is InChI=1S/C11H21N3O/c1-15-11(4-2-5-11)6-7-13-10(12)14-8-3-9-14/h2-9H2,1H3,(H2,12,13). The molecular weight excluding hydrogens is 190 g/mol. The number of hydrogen-bond acceptors (Lipinski definition) is 2. The average molecular weight is 211 g/mol. The Morgan fingerprint density at radius 1 is 1.40 bits per heavy atom. The van der Waals surface area contributed by atoms with Crippen LogP contribution < -0.4 is 5.73 Å². The van der Waals surface area contributed by atoms with Gasteiger partial charge in [-0.3, -0.25) is 4.99 Å².